The van der Waals surface area contributed by atoms with E-state index in [2.05, 4.69) is 27.4 Å². The topological polar surface area (TPSA) is 74.3 Å². The number of anilines is 1. The van der Waals surface area contributed by atoms with Crippen molar-refractivity contribution in [1.29, 1.82) is 0 Å². The minimum atomic E-state index is -0.276. The Labute approximate surface area is 157 Å². The zero-order chi connectivity index (χ0) is 18.4. The summed E-state index contributed by atoms with van der Waals surface area (Å²) in [4.78, 5) is 31.9. The molecule has 26 heavy (non-hydrogen) atoms. The third kappa shape index (κ3) is 5.12. The second-order valence-electron chi connectivity index (χ2n) is 6.54. The number of carbonyl (C=O) groups excluding carboxylic acids is 2. The lowest BCUT2D eigenvalue weighted by atomic mass is 10.0. The third-order valence-corrected chi connectivity index (χ3v) is 5.44. The van der Waals surface area contributed by atoms with E-state index in [0.717, 1.165) is 18.0 Å². The maximum Gasteiger partial charge on any atom is 0.251 e. The predicted octanol–water partition coefficient (Wildman–Crippen LogP) is 2.89. The number of likely N-dealkylation sites (tertiary alicyclic amines) is 1. The number of amides is 2. The third-order valence-electron chi connectivity index (χ3n) is 4.54. The lowest BCUT2D eigenvalue weighted by Gasteiger charge is -2.32. The molecule has 0 spiro atoms. The summed E-state index contributed by atoms with van der Waals surface area (Å²) in [6.45, 7) is 4.18. The van der Waals surface area contributed by atoms with E-state index in [1.54, 1.807) is 24.3 Å². The van der Waals surface area contributed by atoms with Crippen LogP contribution in [0.5, 0.6) is 0 Å². The highest BCUT2D eigenvalue weighted by atomic mass is 32.1. The lowest BCUT2D eigenvalue weighted by Crippen LogP contribution is -2.36. The van der Waals surface area contributed by atoms with Gasteiger partial charge in [-0.05, 0) is 38.4 Å². The summed E-state index contributed by atoms with van der Waals surface area (Å²) >= 11 is 1.49. The first-order valence-corrected chi connectivity index (χ1v) is 9.75. The summed E-state index contributed by atoms with van der Waals surface area (Å²) in [6, 6.07) is 9.43. The molecule has 1 fully saturated rings. The van der Waals surface area contributed by atoms with Crippen LogP contribution in [0.1, 0.15) is 41.4 Å². The van der Waals surface area contributed by atoms with Gasteiger partial charge in [0.05, 0.1) is 6.54 Å². The number of carbonyl (C=O) groups is 2. The van der Waals surface area contributed by atoms with Crippen molar-refractivity contribution in [2.24, 2.45) is 0 Å². The molecule has 1 aromatic heterocycles. The van der Waals surface area contributed by atoms with Gasteiger partial charge in [-0.15, -0.1) is 11.3 Å². The molecule has 1 aromatic carbocycles. The summed E-state index contributed by atoms with van der Waals surface area (Å²) in [5.74, 6) is -0.541. The molecule has 6 nitrogen and oxygen atoms in total. The van der Waals surface area contributed by atoms with Crippen LogP contribution in [0.3, 0.4) is 0 Å². The van der Waals surface area contributed by atoms with E-state index in [0.29, 0.717) is 16.7 Å². The molecular weight excluding hydrogens is 348 g/mol. The molecule has 1 aliphatic rings. The van der Waals surface area contributed by atoms with Gasteiger partial charge in [0, 0.05) is 29.2 Å². The maximum atomic E-state index is 12.0. The van der Waals surface area contributed by atoms with E-state index < -0.39 is 0 Å². The number of hydrogen-bond donors (Lipinski definition) is 2. The number of hydrogen-bond acceptors (Lipinski definition) is 5. The zero-order valence-electron chi connectivity index (χ0n) is 14.9. The Balaban J connectivity index is 1.46. The van der Waals surface area contributed by atoms with Crippen molar-refractivity contribution >= 4 is 28.3 Å². The van der Waals surface area contributed by atoms with Crippen LogP contribution in [0.2, 0.25) is 0 Å². The molecule has 2 amide bonds. The van der Waals surface area contributed by atoms with Crippen molar-refractivity contribution in [2.45, 2.75) is 38.8 Å². The van der Waals surface area contributed by atoms with Crippen LogP contribution in [0.25, 0.3) is 0 Å². The largest absolute Gasteiger partial charge is 0.343 e. The minimum Gasteiger partial charge on any atom is -0.343 e. The Bertz CT molecular complexity index is 747. The highest BCUT2D eigenvalue weighted by molar-refractivity contribution is 7.15. The smallest absolute Gasteiger partial charge is 0.251 e. The van der Waals surface area contributed by atoms with Crippen LogP contribution in [-0.2, 0) is 11.3 Å². The van der Waals surface area contributed by atoms with Crippen LogP contribution in [0, 0.1) is 0 Å². The Morgan fingerprint density at radius 2 is 2.08 bits per heavy atom. The molecule has 0 aliphatic carbocycles. The number of nitrogens with zero attached hydrogens (tertiary/aromatic N) is 2. The average molecular weight is 372 g/mol. The Hall–Kier alpha value is -2.25. The van der Waals surface area contributed by atoms with E-state index in [-0.39, 0.29) is 18.4 Å². The molecule has 2 aromatic rings. The average Bonchev–Trinajstić information content (AvgIpc) is 3.09. The SMILES string of the molecule is CC1CCCCN1Cc1cnc(NC(=O)CNC(=O)c2ccccc2)s1. The molecule has 2 N–H and O–H groups in total. The second-order valence-corrected chi connectivity index (χ2v) is 7.66. The number of piperidine rings is 1. The van der Waals surface area contributed by atoms with Crippen LogP contribution in [0.15, 0.2) is 36.5 Å². The van der Waals surface area contributed by atoms with E-state index in [9.17, 15) is 9.59 Å². The van der Waals surface area contributed by atoms with Gasteiger partial charge in [-0.25, -0.2) is 4.98 Å². The van der Waals surface area contributed by atoms with Gasteiger partial charge < -0.3 is 10.6 Å². The number of thiazole rings is 1. The Morgan fingerprint density at radius 1 is 1.27 bits per heavy atom. The highest BCUT2D eigenvalue weighted by Gasteiger charge is 2.19. The molecule has 3 rings (SSSR count). The fourth-order valence-corrected chi connectivity index (χ4v) is 3.90. The number of aromatic nitrogens is 1. The monoisotopic (exact) mass is 372 g/mol. The summed E-state index contributed by atoms with van der Waals surface area (Å²) < 4.78 is 0. The standard InChI is InChI=1S/C19H24N4O2S/c1-14-7-5-6-10-23(14)13-16-11-21-19(26-16)22-17(24)12-20-18(25)15-8-3-2-4-9-15/h2-4,8-9,11,14H,5-7,10,12-13H2,1H3,(H,20,25)(H,21,22,24). The summed E-state index contributed by atoms with van der Waals surface area (Å²) in [7, 11) is 0. The van der Waals surface area contributed by atoms with Crippen molar-refractivity contribution in [3.8, 4) is 0 Å². The van der Waals surface area contributed by atoms with Crippen LogP contribution in [0.4, 0.5) is 5.13 Å². The van der Waals surface area contributed by atoms with Gasteiger partial charge >= 0.3 is 0 Å². The fraction of sp³-hybridized carbons (Fsp3) is 0.421. The summed E-state index contributed by atoms with van der Waals surface area (Å²) in [6.07, 6.45) is 5.61. The fourth-order valence-electron chi connectivity index (χ4n) is 3.05. The van der Waals surface area contributed by atoms with E-state index in [4.69, 9.17) is 0 Å². The lowest BCUT2D eigenvalue weighted by molar-refractivity contribution is -0.115. The first-order valence-electron chi connectivity index (χ1n) is 8.93. The number of rotatable bonds is 6. The van der Waals surface area contributed by atoms with Gasteiger partial charge in [0.15, 0.2) is 5.13 Å². The molecule has 1 unspecified atom stereocenters. The minimum absolute atomic E-state index is 0.0776. The molecule has 0 saturated carbocycles. The molecule has 1 atom stereocenters. The number of nitrogens with one attached hydrogen (secondary N) is 2. The van der Waals surface area contributed by atoms with E-state index in [1.165, 1.54) is 30.6 Å². The second kappa shape index (κ2) is 8.91. The zero-order valence-corrected chi connectivity index (χ0v) is 15.7. The predicted molar refractivity (Wildman–Crippen MR) is 103 cm³/mol. The Morgan fingerprint density at radius 3 is 2.85 bits per heavy atom. The summed E-state index contributed by atoms with van der Waals surface area (Å²) in [5, 5.41) is 5.94. The molecule has 2 heterocycles. The molecule has 0 bridgehead atoms. The van der Waals surface area contributed by atoms with Crippen molar-refractivity contribution in [3.05, 3.63) is 47.0 Å². The van der Waals surface area contributed by atoms with E-state index in [1.807, 2.05) is 12.3 Å². The van der Waals surface area contributed by atoms with Gasteiger partial charge in [0.25, 0.3) is 5.91 Å². The van der Waals surface area contributed by atoms with Crippen LogP contribution < -0.4 is 10.6 Å². The Kier molecular flexibility index (Phi) is 6.35. The molecule has 138 valence electrons. The van der Waals surface area contributed by atoms with Crippen LogP contribution >= 0.6 is 11.3 Å². The molecule has 1 aliphatic heterocycles. The van der Waals surface area contributed by atoms with Crippen molar-refractivity contribution in [3.63, 3.8) is 0 Å². The maximum absolute atomic E-state index is 12.0. The normalized spacial score (nSPS) is 17.7. The van der Waals surface area contributed by atoms with Crippen molar-refractivity contribution in [1.82, 2.24) is 15.2 Å². The first-order chi connectivity index (χ1) is 12.6. The molecule has 7 heteroatoms. The molecule has 1 saturated heterocycles. The number of benzene rings is 1. The molecule has 0 radical (unpaired) electrons. The highest BCUT2D eigenvalue weighted by Crippen LogP contribution is 2.24. The first kappa shape index (κ1) is 18.5. The van der Waals surface area contributed by atoms with Crippen LogP contribution in [-0.4, -0.2) is 40.8 Å². The van der Waals surface area contributed by atoms with Gasteiger partial charge in [0.2, 0.25) is 5.91 Å². The van der Waals surface area contributed by atoms with Gasteiger partial charge in [-0.1, -0.05) is 24.6 Å². The van der Waals surface area contributed by atoms with Crippen molar-refractivity contribution < 1.29 is 9.59 Å². The summed E-state index contributed by atoms with van der Waals surface area (Å²) in [5.41, 5.74) is 0.535. The van der Waals surface area contributed by atoms with Gasteiger partial charge in [-0.2, -0.15) is 0 Å². The quantitative estimate of drug-likeness (QED) is 0.818. The van der Waals surface area contributed by atoms with E-state index >= 15 is 0 Å². The van der Waals surface area contributed by atoms with Crippen molar-refractivity contribution in [2.75, 3.05) is 18.4 Å². The van der Waals surface area contributed by atoms with Gasteiger partial charge in [-0.3, -0.25) is 14.5 Å². The van der Waals surface area contributed by atoms with Gasteiger partial charge in [0.1, 0.15) is 0 Å². The molecular formula is C19H24N4O2S.